The van der Waals surface area contributed by atoms with Gasteiger partial charge in [-0.15, -0.1) is 0 Å². The molecule has 0 amide bonds. The van der Waals surface area contributed by atoms with Crippen LogP contribution in [0.2, 0.25) is 0 Å². The number of benzene rings is 1. The minimum atomic E-state index is 0.311. The summed E-state index contributed by atoms with van der Waals surface area (Å²) in [7, 11) is 0. The first-order chi connectivity index (χ1) is 10.8. The van der Waals surface area contributed by atoms with E-state index in [1.165, 1.54) is 18.6 Å². The minimum Gasteiger partial charge on any atom is -0.454 e. The number of thioether (sulfide) groups is 1. The second-order valence-electron chi connectivity index (χ2n) is 5.40. The molecule has 6 heteroatoms. The SMILES string of the molecule is CCNC(=NCc1ccc2c(c1)OCO2)NCC1CCCS1. The van der Waals surface area contributed by atoms with Crippen LogP contribution in [0.3, 0.4) is 0 Å². The van der Waals surface area contributed by atoms with Crippen LogP contribution >= 0.6 is 11.8 Å². The lowest BCUT2D eigenvalue weighted by atomic mass is 10.2. The van der Waals surface area contributed by atoms with Crippen LogP contribution in [-0.4, -0.2) is 36.8 Å². The van der Waals surface area contributed by atoms with Crippen LogP contribution in [0.4, 0.5) is 0 Å². The van der Waals surface area contributed by atoms with E-state index in [0.717, 1.165) is 41.4 Å². The highest BCUT2D eigenvalue weighted by molar-refractivity contribution is 8.00. The molecule has 0 saturated carbocycles. The highest BCUT2D eigenvalue weighted by Gasteiger charge is 2.16. The van der Waals surface area contributed by atoms with Crippen LogP contribution in [0.15, 0.2) is 23.2 Å². The molecule has 2 aliphatic heterocycles. The van der Waals surface area contributed by atoms with E-state index < -0.39 is 0 Å². The van der Waals surface area contributed by atoms with Gasteiger partial charge in [0.2, 0.25) is 6.79 Å². The first kappa shape index (κ1) is 15.3. The van der Waals surface area contributed by atoms with Crippen LogP contribution in [-0.2, 0) is 6.54 Å². The molecular formula is C16H23N3O2S. The fourth-order valence-corrected chi connectivity index (χ4v) is 3.77. The van der Waals surface area contributed by atoms with E-state index in [2.05, 4.69) is 34.3 Å². The van der Waals surface area contributed by atoms with Gasteiger partial charge in [-0.1, -0.05) is 6.07 Å². The van der Waals surface area contributed by atoms with Gasteiger partial charge in [-0.05, 0) is 43.2 Å². The van der Waals surface area contributed by atoms with Gasteiger partial charge in [0.1, 0.15) is 0 Å². The quantitative estimate of drug-likeness (QED) is 0.644. The van der Waals surface area contributed by atoms with E-state index in [1.54, 1.807) is 0 Å². The van der Waals surface area contributed by atoms with Crippen molar-refractivity contribution in [1.29, 1.82) is 0 Å². The maximum Gasteiger partial charge on any atom is 0.231 e. The summed E-state index contributed by atoms with van der Waals surface area (Å²) in [6, 6.07) is 5.98. The lowest BCUT2D eigenvalue weighted by Crippen LogP contribution is -2.40. The summed E-state index contributed by atoms with van der Waals surface area (Å²) in [6.07, 6.45) is 2.64. The van der Waals surface area contributed by atoms with Gasteiger partial charge < -0.3 is 20.1 Å². The molecule has 2 heterocycles. The van der Waals surface area contributed by atoms with Gasteiger partial charge in [0.15, 0.2) is 17.5 Å². The normalized spacial score (nSPS) is 20.2. The number of rotatable bonds is 5. The van der Waals surface area contributed by atoms with Crippen molar-refractivity contribution in [3.05, 3.63) is 23.8 Å². The molecule has 0 aliphatic carbocycles. The number of fused-ring (bicyclic) bond motifs is 1. The summed E-state index contributed by atoms with van der Waals surface area (Å²) in [5.74, 6) is 3.80. The molecule has 1 aromatic carbocycles. The lowest BCUT2D eigenvalue weighted by Gasteiger charge is -2.14. The van der Waals surface area contributed by atoms with Crippen molar-refractivity contribution < 1.29 is 9.47 Å². The van der Waals surface area contributed by atoms with Crippen LogP contribution in [0.25, 0.3) is 0 Å². The van der Waals surface area contributed by atoms with Crippen molar-refractivity contribution in [2.75, 3.05) is 25.6 Å². The predicted octanol–water partition coefficient (Wildman–Crippen LogP) is 2.37. The minimum absolute atomic E-state index is 0.311. The van der Waals surface area contributed by atoms with Gasteiger partial charge in [-0.3, -0.25) is 0 Å². The molecule has 1 aromatic rings. The van der Waals surface area contributed by atoms with E-state index in [-0.39, 0.29) is 0 Å². The molecular weight excluding hydrogens is 298 g/mol. The second kappa shape index (κ2) is 7.63. The highest BCUT2D eigenvalue weighted by atomic mass is 32.2. The van der Waals surface area contributed by atoms with Gasteiger partial charge in [0.05, 0.1) is 6.54 Å². The smallest absolute Gasteiger partial charge is 0.231 e. The molecule has 1 saturated heterocycles. The zero-order valence-corrected chi connectivity index (χ0v) is 13.7. The Kier molecular flexibility index (Phi) is 5.32. The Morgan fingerprint density at radius 2 is 2.23 bits per heavy atom. The van der Waals surface area contributed by atoms with Crippen molar-refractivity contribution in [3.63, 3.8) is 0 Å². The second-order valence-corrected chi connectivity index (χ2v) is 6.81. The van der Waals surface area contributed by atoms with Crippen LogP contribution in [0, 0.1) is 0 Å². The summed E-state index contributed by atoms with van der Waals surface area (Å²) in [4.78, 5) is 4.66. The number of guanidine groups is 1. The zero-order chi connectivity index (χ0) is 15.2. The highest BCUT2D eigenvalue weighted by Crippen LogP contribution is 2.32. The van der Waals surface area contributed by atoms with E-state index in [4.69, 9.17) is 9.47 Å². The van der Waals surface area contributed by atoms with Gasteiger partial charge in [0.25, 0.3) is 0 Å². The molecule has 2 aliphatic rings. The largest absolute Gasteiger partial charge is 0.454 e. The van der Waals surface area contributed by atoms with Gasteiger partial charge in [-0.25, -0.2) is 4.99 Å². The van der Waals surface area contributed by atoms with Gasteiger partial charge in [-0.2, -0.15) is 11.8 Å². The number of nitrogens with zero attached hydrogens (tertiary/aromatic N) is 1. The summed E-state index contributed by atoms with van der Waals surface area (Å²) < 4.78 is 10.7. The molecule has 1 fully saturated rings. The third kappa shape index (κ3) is 4.00. The van der Waals surface area contributed by atoms with Crippen LogP contribution < -0.4 is 20.1 Å². The maximum atomic E-state index is 5.40. The van der Waals surface area contributed by atoms with Crippen molar-refractivity contribution >= 4 is 17.7 Å². The molecule has 0 spiro atoms. The first-order valence-electron chi connectivity index (χ1n) is 7.87. The summed E-state index contributed by atoms with van der Waals surface area (Å²) in [5, 5.41) is 7.47. The molecule has 1 atom stereocenters. The number of nitrogens with one attached hydrogen (secondary N) is 2. The Bertz CT molecular complexity index is 530. The molecule has 0 aromatic heterocycles. The third-order valence-electron chi connectivity index (χ3n) is 3.72. The standard InChI is InChI=1S/C16H23N3O2S/c1-2-17-16(19-10-13-4-3-7-22-13)18-9-12-5-6-14-15(8-12)21-11-20-14/h5-6,8,13H,2-4,7,9-11H2,1H3,(H2,17,18,19). The Hall–Kier alpha value is -1.56. The van der Waals surface area contributed by atoms with Gasteiger partial charge in [0, 0.05) is 18.3 Å². The maximum absolute atomic E-state index is 5.40. The zero-order valence-electron chi connectivity index (χ0n) is 12.9. The average Bonchev–Trinajstić information content (AvgIpc) is 3.20. The molecule has 0 bridgehead atoms. The first-order valence-corrected chi connectivity index (χ1v) is 8.92. The summed E-state index contributed by atoms with van der Waals surface area (Å²) >= 11 is 2.05. The Morgan fingerprint density at radius 1 is 1.32 bits per heavy atom. The number of ether oxygens (including phenoxy) is 2. The predicted molar refractivity (Wildman–Crippen MR) is 90.9 cm³/mol. The monoisotopic (exact) mass is 321 g/mol. The van der Waals surface area contributed by atoms with Crippen molar-refractivity contribution in [1.82, 2.24) is 10.6 Å². The van der Waals surface area contributed by atoms with Crippen molar-refractivity contribution in [3.8, 4) is 11.5 Å². The lowest BCUT2D eigenvalue weighted by molar-refractivity contribution is 0.174. The summed E-state index contributed by atoms with van der Waals surface area (Å²) in [5.41, 5.74) is 1.12. The van der Waals surface area contributed by atoms with Crippen molar-refractivity contribution in [2.24, 2.45) is 4.99 Å². The molecule has 1 unspecified atom stereocenters. The number of hydrogen-bond acceptors (Lipinski definition) is 4. The fraction of sp³-hybridized carbons (Fsp3) is 0.562. The molecule has 120 valence electrons. The molecule has 3 rings (SSSR count). The number of hydrogen-bond donors (Lipinski definition) is 2. The Labute approximate surface area is 135 Å². The van der Waals surface area contributed by atoms with E-state index in [0.29, 0.717) is 13.3 Å². The fourth-order valence-electron chi connectivity index (χ4n) is 2.57. The number of aliphatic imine (C=N–C) groups is 1. The Balaban J connectivity index is 1.57. The summed E-state index contributed by atoms with van der Waals surface area (Å²) in [6.45, 7) is 4.87. The van der Waals surface area contributed by atoms with E-state index >= 15 is 0 Å². The Morgan fingerprint density at radius 3 is 3.05 bits per heavy atom. The molecule has 5 nitrogen and oxygen atoms in total. The third-order valence-corrected chi connectivity index (χ3v) is 5.12. The molecule has 0 radical (unpaired) electrons. The van der Waals surface area contributed by atoms with E-state index in [9.17, 15) is 0 Å². The molecule has 2 N–H and O–H groups in total. The van der Waals surface area contributed by atoms with Crippen LogP contribution in [0.1, 0.15) is 25.3 Å². The van der Waals surface area contributed by atoms with Crippen molar-refractivity contribution in [2.45, 2.75) is 31.6 Å². The average molecular weight is 321 g/mol. The van der Waals surface area contributed by atoms with Crippen LogP contribution in [0.5, 0.6) is 11.5 Å². The van der Waals surface area contributed by atoms with Gasteiger partial charge >= 0.3 is 0 Å². The topological polar surface area (TPSA) is 54.9 Å². The van der Waals surface area contributed by atoms with E-state index in [1.807, 2.05) is 18.2 Å². The molecule has 22 heavy (non-hydrogen) atoms.